The topological polar surface area (TPSA) is 56.0 Å². The first-order valence-corrected chi connectivity index (χ1v) is 6.98. The zero-order valence-electron chi connectivity index (χ0n) is 11.4. The van der Waals surface area contributed by atoms with Crippen LogP contribution in [0.1, 0.15) is 0 Å². The molecule has 1 aromatic heterocycles. The lowest BCUT2D eigenvalue weighted by molar-refractivity contribution is -0.384. The normalized spacial score (nSPS) is 10.4. The van der Waals surface area contributed by atoms with E-state index in [1.54, 1.807) is 18.5 Å². The van der Waals surface area contributed by atoms with Gasteiger partial charge < -0.3 is 0 Å². The van der Waals surface area contributed by atoms with Crippen molar-refractivity contribution < 1.29 is 4.92 Å². The first-order chi connectivity index (χ1) is 10.6. The quantitative estimate of drug-likeness (QED) is 0.506. The molecule has 108 valence electrons. The molecule has 0 amide bonds. The Kier molecular flexibility index (Phi) is 3.85. The third kappa shape index (κ3) is 2.82. The molecule has 0 aliphatic heterocycles. The van der Waals surface area contributed by atoms with E-state index >= 15 is 0 Å². The van der Waals surface area contributed by atoms with Crippen LogP contribution in [0.3, 0.4) is 0 Å². The van der Waals surface area contributed by atoms with Crippen LogP contribution < -0.4 is 0 Å². The SMILES string of the molecule is O=[N+]([O-])c1ccc(Cl)cc1-c1cncc(-c2ccccc2)c1. The van der Waals surface area contributed by atoms with Crippen molar-refractivity contribution in [2.75, 3.05) is 0 Å². The van der Waals surface area contributed by atoms with Gasteiger partial charge in [-0.25, -0.2) is 0 Å². The molecule has 0 radical (unpaired) electrons. The van der Waals surface area contributed by atoms with E-state index in [1.807, 2.05) is 36.4 Å². The van der Waals surface area contributed by atoms with Gasteiger partial charge in [0.05, 0.1) is 10.5 Å². The number of nitro benzene ring substituents is 1. The largest absolute Gasteiger partial charge is 0.277 e. The molecule has 0 N–H and O–H groups in total. The number of aromatic nitrogens is 1. The molecule has 2 aromatic carbocycles. The van der Waals surface area contributed by atoms with Gasteiger partial charge >= 0.3 is 0 Å². The average molecular weight is 311 g/mol. The van der Waals surface area contributed by atoms with Crippen LogP contribution in [0.4, 0.5) is 5.69 Å². The minimum atomic E-state index is -0.416. The van der Waals surface area contributed by atoms with Crippen LogP contribution in [0.15, 0.2) is 67.0 Å². The fourth-order valence-corrected chi connectivity index (χ4v) is 2.45. The highest BCUT2D eigenvalue weighted by molar-refractivity contribution is 6.31. The first kappa shape index (κ1) is 14.2. The number of halogens is 1. The molecule has 0 aliphatic rings. The number of pyridine rings is 1. The molecule has 0 aliphatic carbocycles. The first-order valence-electron chi connectivity index (χ1n) is 6.60. The Bertz CT molecular complexity index is 835. The second kappa shape index (κ2) is 5.95. The highest BCUT2D eigenvalue weighted by atomic mass is 35.5. The fraction of sp³-hybridized carbons (Fsp3) is 0. The van der Waals surface area contributed by atoms with Crippen LogP contribution >= 0.6 is 11.6 Å². The van der Waals surface area contributed by atoms with Crippen molar-refractivity contribution in [3.05, 3.63) is 82.1 Å². The molecule has 3 aromatic rings. The lowest BCUT2D eigenvalue weighted by Crippen LogP contribution is -1.93. The van der Waals surface area contributed by atoms with Gasteiger partial charge in [0.1, 0.15) is 0 Å². The summed E-state index contributed by atoms with van der Waals surface area (Å²) in [6, 6.07) is 16.1. The molecule has 0 bridgehead atoms. The van der Waals surface area contributed by atoms with E-state index in [0.29, 0.717) is 16.1 Å². The van der Waals surface area contributed by atoms with E-state index < -0.39 is 4.92 Å². The predicted molar refractivity (Wildman–Crippen MR) is 86.8 cm³/mol. The number of hydrogen-bond acceptors (Lipinski definition) is 3. The molecule has 0 saturated carbocycles. The maximum atomic E-state index is 11.2. The third-order valence-corrected chi connectivity index (χ3v) is 3.55. The summed E-state index contributed by atoms with van der Waals surface area (Å²) in [4.78, 5) is 15.0. The average Bonchev–Trinajstić information content (AvgIpc) is 2.55. The molecule has 0 atom stereocenters. The van der Waals surface area contributed by atoms with Crippen molar-refractivity contribution in [1.82, 2.24) is 4.98 Å². The molecule has 22 heavy (non-hydrogen) atoms. The van der Waals surface area contributed by atoms with Gasteiger partial charge in [-0.05, 0) is 23.8 Å². The minimum absolute atomic E-state index is 0.0106. The van der Waals surface area contributed by atoms with Gasteiger partial charge in [0.2, 0.25) is 0 Å². The highest BCUT2D eigenvalue weighted by Crippen LogP contribution is 2.33. The predicted octanol–water partition coefficient (Wildman–Crippen LogP) is 4.98. The summed E-state index contributed by atoms with van der Waals surface area (Å²) in [6.07, 6.45) is 3.33. The summed E-state index contributed by atoms with van der Waals surface area (Å²) in [5.41, 5.74) is 3.03. The summed E-state index contributed by atoms with van der Waals surface area (Å²) >= 11 is 5.99. The Hall–Kier alpha value is -2.72. The highest BCUT2D eigenvalue weighted by Gasteiger charge is 2.16. The Labute approximate surface area is 132 Å². The molecule has 3 rings (SSSR count). The summed E-state index contributed by atoms with van der Waals surface area (Å²) in [5, 5.41) is 11.7. The molecular formula is C17H11ClN2O2. The van der Waals surface area contributed by atoms with Crippen molar-refractivity contribution in [1.29, 1.82) is 0 Å². The molecule has 0 spiro atoms. The Morgan fingerprint density at radius 1 is 0.909 bits per heavy atom. The van der Waals surface area contributed by atoms with Crippen LogP contribution in [0.5, 0.6) is 0 Å². The zero-order valence-corrected chi connectivity index (χ0v) is 12.2. The van der Waals surface area contributed by atoms with Gasteiger partial charge in [-0.1, -0.05) is 41.9 Å². The van der Waals surface area contributed by atoms with E-state index in [1.165, 1.54) is 12.1 Å². The summed E-state index contributed by atoms with van der Waals surface area (Å²) in [7, 11) is 0. The van der Waals surface area contributed by atoms with Crippen molar-refractivity contribution in [3.8, 4) is 22.3 Å². The standard InChI is InChI=1S/C17H11ClN2O2/c18-15-6-7-17(20(21)22)16(9-15)14-8-13(10-19-11-14)12-4-2-1-3-5-12/h1-11H. The van der Waals surface area contributed by atoms with E-state index in [4.69, 9.17) is 11.6 Å². The van der Waals surface area contributed by atoms with Crippen molar-refractivity contribution in [2.45, 2.75) is 0 Å². The molecule has 5 heteroatoms. The summed E-state index contributed by atoms with van der Waals surface area (Å²) in [6.45, 7) is 0. The maximum Gasteiger partial charge on any atom is 0.277 e. The monoisotopic (exact) mass is 310 g/mol. The number of rotatable bonds is 3. The summed E-state index contributed by atoms with van der Waals surface area (Å²) in [5.74, 6) is 0. The van der Waals surface area contributed by atoms with Gasteiger partial charge in [-0.3, -0.25) is 15.1 Å². The van der Waals surface area contributed by atoms with Gasteiger partial charge in [0.15, 0.2) is 0 Å². The van der Waals surface area contributed by atoms with Crippen LogP contribution in [0.25, 0.3) is 22.3 Å². The number of hydrogen-bond donors (Lipinski definition) is 0. The van der Waals surface area contributed by atoms with Crippen molar-refractivity contribution in [3.63, 3.8) is 0 Å². The van der Waals surface area contributed by atoms with Gasteiger partial charge in [-0.15, -0.1) is 0 Å². The summed E-state index contributed by atoms with van der Waals surface area (Å²) < 4.78 is 0. The molecule has 1 heterocycles. The van der Waals surface area contributed by atoms with Crippen molar-refractivity contribution >= 4 is 17.3 Å². The number of nitrogens with zero attached hydrogens (tertiary/aromatic N) is 2. The second-order valence-electron chi connectivity index (χ2n) is 4.75. The van der Waals surface area contributed by atoms with Crippen LogP contribution in [0, 0.1) is 10.1 Å². The third-order valence-electron chi connectivity index (χ3n) is 3.31. The van der Waals surface area contributed by atoms with Crippen LogP contribution in [0.2, 0.25) is 5.02 Å². The minimum Gasteiger partial charge on any atom is -0.263 e. The molecule has 0 fully saturated rings. The number of benzene rings is 2. The van der Waals surface area contributed by atoms with Gasteiger partial charge in [0, 0.05) is 34.6 Å². The Morgan fingerprint density at radius 2 is 1.64 bits per heavy atom. The molecule has 0 saturated heterocycles. The maximum absolute atomic E-state index is 11.2. The van der Waals surface area contributed by atoms with Crippen molar-refractivity contribution in [2.24, 2.45) is 0 Å². The lowest BCUT2D eigenvalue weighted by atomic mass is 10.0. The van der Waals surface area contributed by atoms with E-state index in [9.17, 15) is 10.1 Å². The Morgan fingerprint density at radius 3 is 2.36 bits per heavy atom. The van der Waals surface area contributed by atoms with E-state index in [2.05, 4.69) is 4.98 Å². The van der Waals surface area contributed by atoms with Crippen LogP contribution in [-0.2, 0) is 0 Å². The van der Waals surface area contributed by atoms with E-state index in [0.717, 1.165) is 11.1 Å². The molecular weight excluding hydrogens is 300 g/mol. The van der Waals surface area contributed by atoms with Gasteiger partial charge in [0.25, 0.3) is 5.69 Å². The smallest absolute Gasteiger partial charge is 0.263 e. The van der Waals surface area contributed by atoms with Crippen LogP contribution in [-0.4, -0.2) is 9.91 Å². The molecule has 4 nitrogen and oxygen atoms in total. The second-order valence-corrected chi connectivity index (χ2v) is 5.18. The Balaban J connectivity index is 2.14. The zero-order chi connectivity index (χ0) is 15.5. The number of nitro groups is 1. The lowest BCUT2D eigenvalue weighted by Gasteiger charge is -2.06. The van der Waals surface area contributed by atoms with E-state index in [-0.39, 0.29) is 5.69 Å². The fourth-order valence-electron chi connectivity index (χ4n) is 2.27. The molecule has 0 unspecified atom stereocenters. The van der Waals surface area contributed by atoms with Gasteiger partial charge in [-0.2, -0.15) is 0 Å².